The summed E-state index contributed by atoms with van der Waals surface area (Å²) in [4.78, 5) is 0. The lowest BCUT2D eigenvalue weighted by molar-refractivity contribution is -0.135. The van der Waals surface area contributed by atoms with Gasteiger partial charge in [0.1, 0.15) is 0 Å². The molecule has 14 heavy (non-hydrogen) atoms. The highest BCUT2D eigenvalue weighted by atomic mass is 16.3. The number of fused-ring (bicyclic) bond motifs is 1. The van der Waals surface area contributed by atoms with E-state index in [1.165, 1.54) is 12.8 Å². The third kappa shape index (κ3) is 1.31. The van der Waals surface area contributed by atoms with Crippen LogP contribution < -0.4 is 0 Å². The summed E-state index contributed by atoms with van der Waals surface area (Å²) in [5.41, 5.74) is -0.784. The Hall–Kier alpha value is -0.0800. The Labute approximate surface area is 86.3 Å². The lowest BCUT2D eigenvalue weighted by Crippen LogP contribution is -2.52. The summed E-state index contributed by atoms with van der Waals surface area (Å²) in [6, 6.07) is 0. The van der Waals surface area contributed by atoms with Crippen LogP contribution in [0.25, 0.3) is 0 Å². The van der Waals surface area contributed by atoms with Crippen molar-refractivity contribution >= 4 is 0 Å². The second-order valence-electron chi connectivity index (χ2n) is 5.45. The van der Waals surface area contributed by atoms with Crippen LogP contribution >= 0.6 is 0 Å². The van der Waals surface area contributed by atoms with Crippen molar-refractivity contribution in [1.29, 1.82) is 0 Å². The normalized spacial score (nSPS) is 53.1. The summed E-state index contributed by atoms with van der Waals surface area (Å²) in [5.74, 6) is 2.01. The summed E-state index contributed by atoms with van der Waals surface area (Å²) in [7, 11) is 0. The van der Waals surface area contributed by atoms with Gasteiger partial charge in [-0.25, -0.2) is 0 Å². The minimum absolute atomic E-state index is 0.0535. The quantitative estimate of drug-likeness (QED) is 0.674. The molecule has 0 saturated heterocycles. The molecule has 0 unspecified atom stereocenters. The molecule has 0 heterocycles. The summed E-state index contributed by atoms with van der Waals surface area (Å²) < 4.78 is 0. The predicted octanol–water partition coefficient (Wildman–Crippen LogP) is 1.80. The Balaban J connectivity index is 2.22. The van der Waals surface area contributed by atoms with E-state index in [1.54, 1.807) is 0 Å². The van der Waals surface area contributed by atoms with Gasteiger partial charge < -0.3 is 10.2 Å². The molecule has 0 radical (unpaired) electrons. The minimum Gasteiger partial charge on any atom is -0.393 e. The fourth-order valence-electron chi connectivity index (χ4n) is 3.70. The van der Waals surface area contributed by atoms with Gasteiger partial charge in [0, 0.05) is 0 Å². The predicted molar refractivity (Wildman–Crippen MR) is 55.8 cm³/mol. The molecule has 2 N–H and O–H groups in total. The van der Waals surface area contributed by atoms with E-state index < -0.39 is 5.60 Å². The first-order chi connectivity index (χ1) is 6.59. The Bertz CT molecular complexity index is 216. The molecule has 0 bridgehead atoms. The fraction of sp³-hybridized carbons (Fsp3) is 1.00. The molecule has 5 atom stereocenters. The SMILES string of the molecule is C[C@@H]1CC[C@H]2[C@@H](CC[C@@H]2C)[C@]1(O)CO. The van der Waals surface area contributed by atoms with Crippen LogP contribution in [0.4, 0.5) is 0 Å². The van der Waals surface area contributed by atoms with Crippen molar-refractivity contribution in [2.45, 2.75) is 45.1 Å². The van der Waals surface area contributed by atoms with E-state index in [2.05, 4.69) is 13.8 Å². The summed E-state index contributed by atoms with van der Waals surface area (Å²) in [5, 5.41) is 19.9. The maximum absolute atomic E-state index is 10.5. The first kappa shape index (κ1) is 10.4. The van der Waals surface area contributed by atoms with Gasteiger partial charge >= 0.3 is 0 Å². The van der Waals surface area contributed by atoms with Crippen LogP contribution in [-0.2, 0) is 0 Å². The van der Waals surface area contributed by atoms with Crippen molar-refractivity contribution in [2.75, 3.05) is 6.61 Å². The molecule has 0 aromatic rings. The lowest BCUT2D eigenvalue weighted by atomic mass is 9.64. The molecular weight excluding hydrogens is 176 g/mol. The number of aliphatic hydroxyl groups excluding tert-OH is 1. The van der Waals surface area contributed by atoms with Crippen LogP contribution in [0.3, 0.4) is 0 Å². The molecule has 0 spiro atoms. The van der Waals surface area contributed by atoms with Crippen molar-refractivity contribution in [3.8, 4) is 0 Å². The van der Waals surface area contributed by atoms with Gasteiger partial charge in [0.15, 0.2) is 0 Å². The number of aliphatic hydroxyl groups is 2. The van der Waals surface area contributed by atoms with Gasteiger partial charge in [-0.2, -0.15) is 0 Å². The molecule has 2 saturated carbocycles. The molecule has 82 valence electrons. The van der Waals surface area contributed by atoms with Gasteiger partial charge in [-0.3, -0.25) is 0 Å². The van der Waals surface area contributed by atoms with E-state index in [0.29, 0.717) is 11.8 Å². The molecule has 0 aromatic carbocycles. The zero-order valence-electron chi connectivity index (χ0n) is 9.24. The first-order valence-electron chi connectivity index (χ1n) is 5.93. The Morgan fingerprint density at radius 1 is 1.14 bits per heavy atom. The third-order valence-corrected chi connectivity index (χ3v) is 4.86. The van der Waals surface area contributed by atoms with E-state index in [1.807, 2.05) is 0 Å². The number of hydrogen-bond donors (Lipinski definition) is 2. The lowest BCUT2D eigenvalue weighted by Gasteiger charge is -2.46. The van der Waals surface area contributed by atoms with E-state index in [-0.39, 0.29) is 12.5 Å². The van der Waals surface area contributed by atoms with Gasteiger partial charge in [0.2, 0.25) is 0 Å². The maximum Gasteiger partial charge on any atom is 0.0933 e. The zero-order valence-corrected chi connectivity index (χ0v) is 9.24. The van der Waals surface area contributed by atoms with Crippen LogP contribution in [0.1, 0.15) is 39.5 Å². The van der Waals surface area contributed by atoms with Crippen LogP contribution in [-0.4, -0.2) is 22.4 Å². The summed E-state index contributed by atoms with van der Waals surface area (Å²) >= 11 is 0. The van der Waals surface area contributed by atoms with E-state index in [4.69, 9.17) is 0 Å². The van der Waals surface area contributed by atoms with Crippen LogP contribution in [0.2, 0.25) is 0 Å². The summed E-state index contributed by atoms with van der Waals surface area (Å²) in [6.45, 7) is 4.32. The highest BCUT2D eigenvalue weighted by Crippen LogP contribution is 2.52. The van der Waals surface area contributed by atoms with Crippen molar-refractivity contribution in [2.24, 2.45) is 23.7 Å². The van der Waals surface area contributed by atoms with Crippen LogP contribution in [0.5, 0.6) is 0 Å². The topological polar surface area (TPSA) is 40.5 Å². The molecule has 2 fully saturated rings. The largest absolute Gasteiger partial charge is 0.393 e. The van der Waals surface area contributed by atoms with E-state index in [0.717, 1.165) is 18.8 Å². The standard InChI is InChI=1S/C12H22O2/c1-8-3-6-11-10(8)5-4-9(2)12(11,14)7-13/h8-11,13-14H,3-7H2,1-2H3/t8-,9+,10+,11+,12-/m0/s1. The summed E-state index contributed by atoms with van der Waals surface area (Å²) in [6.07, 6.45) is 4.65. The third-order valence-electron chi connectivity index (χ3n) is 4.86. The van der Waals surface area contributed by atoms with Crippen LogP contribution in [0, 0.1) is 23.7 Å². The molecule has 0 aromatic heterocycles. The fourth-order valence-corrected chi connectivity index (χ4v) is 3.70. The molecule has 2 heteroatoms. The van der Waals surface area contributed by atoms with Gasteiger partial charge in [-0.1, -0.05) is 20.3 Å². The number of rotatable bonds is 1. The highest BCUT2D eigenvalue weighted by molar-refractivity contribution is 5.01. The van der Waals surface area contributed by atoms with Gasteiger partial charge in [-0.15, -0.1) is 0 Å². The van der Waals surface area contributed by atoms with Crippen LogP contribution in [0.15, 0.2) is 0 Å². The molecule has 2 nitrogen and oxygen atoms in total. The second-order valence-corrected chi connectivity index (χ2v) is 5.45. The van der Waals surface area contributed by atoms with Gasteiger partial charge in [0.05, 0.1) is 12.2 Å². The monoisotopic (exact) mass is 198 g/mol. The molecule has 2 rings (SSSR count). The highest BCUT2D eigenvalue weighted by Gasteiger charge is 2.51. The molecule has 2 aliphatic carbocycles. The van der Waals surface area contributed by atoms with E-state index in [9.17, 15) is 10.2 Å². The smallest absolute Gasteiger partial charge is 0.0933 e. The van der Waals surface area contributed by atoms with Crippen molar-refractivity contribution in [3.05, 3.63) is 0 Å². The molecule has 2 aliphatic rings. The van der Waals surface area contributed by atoms with Gasteiger partial charge in [0.25, 0.3) is 0 Å². The molecular formula is C12H22O2. The van der Waals surface area contributed by atoms with Gasteiger partial charge in [-0.05, 0) is 42.9 Å². The second kappa shape index (κ2) is 3.49. The Morgan fingerprint density at radius 3 is 2.50 bits per heavy atom. The maximum atomic E-state index is 10.5. The average molecular weight is 198 g/mol. The zero-order chi connectivity index (χ0) is 10.3. The van der Waals surface area contributed by atoms with Crippen molar-refractivity contribution < 1.29 is 10.2 Å². The minimum atomic E-state index is -0.784. The van der Waals surface area contributed by atoms with E-state index >= 15 is 0 Å². The van der Waals surface area contributed by atoms with Crippen molar-refractivity contribution in [3.63, 3.8) is 0 Å². The molecule has 0 amide bonds. The molecule has 0 aliphatic heterocycles. The Kier molecular flexibility index (Phi) is 2.61. The first-order valence-corrected chi connectivity index (χ1v) is 5.93. The van der Waals surface area contributed by atoms with Crippen molar-refractivity contribution in [1.82, 2.24) is 0 Å². The number of hydrogen-bond acceptors (Lipinski definition) is 2. The Morgan fingerprint density at radius 2 is 1.86 bits per heavy atom. The average Bonchev–Trinajstić information content (AvgIpc) is 2.55.